The van der Waals surface area contributed by atoms with E-state index in [2.05, 4.69) is 14.9 Å². The van der Waals surface area contributed by atoms with E-state index in [1.165, 1.54) is 11.5 Å². The molecule has 0 bridgehead atoms. The van der Waals surface area contributed by atoms with E-state index in [9.17, 15) is 9.59 Å². The van der Waals surface area contributed by atoms with E-state index >= 15 is 0 Å². The van der Waals surface area contributed by atoms with Gasteiger partial charge < -0.3 is 15.1 Å². The molecule has 7 nitrogen and oxygen atoms in total. The number of piperidine rings is 1. The molecule has 120 valence electrons. The summed E-state index contributed by atoms with van der Waals surface area (Å²) in [6.07, 6.45) is 2.61. The lowest BCUT2D eigenvalue weighted by atomic mass is 10.0. The highest BCUT2D eigenvalue weighted by Crippen LogP contribution is 2.21. The van der Waals surface area contributed by atoms with Crippen molar-refractivity contribution in [3.05, 3.63) is 10.6 Å². The Labute approximate surface area is 133 Å². The Bertz CT molecular complexity index is 561. The van der Waals surface area contributed by atoms with Gasteiger partial charge in [0.15, 0.2) is 0 Å². The predicted octanol–water partition coefficient (Wildman–Crippen LogP) is 0.137. The number of carbonyl (C=O) groups excluding carboxylic acids is 2. The smallest absolute Gasteiger partial charge is 0.267 e. The quantitative estimate of drug-likeness (QED) is 0.856. The van der Waals surface area contributed by atoms with Crippen molar-refractivity contribution in [3.8, 4) is 0 Å². The van der Waals surface area contributed by atoms with E-state index in [4.69, 9.17) is 0 Å². The zero-order chi connectivity index (χ0) is 15.5. The summed E-state index contributed by atoms with van der Waals surface area (Å²) >= 11 is 1.17. The molecule has 2 aliphatic rings. The third-order valence-electron chi connectivity index (χ3n) is 4.34. The maximum absolute atomic E-state index is 12.7. The van der Waals surface area contributed by atoms with Gasteiger partial charge >= 0.3 is 0 Å². The topological polar surface area (TPSA) is 78.4 Å². The fourth-order valence-electron chi connectivity index (χ4n) is 3.15. The minimum Gasteiger partial charge on any atom is -0.336 e. The van der Waals surface area contributed by atoms with E-state index < -0.39 is 0 Å². The fraction of sp³-hybridized carbons (Fsp3) is 0.714. The molecule has 0 radical (unpaired) electrons. The number of hydrogen-bond acceptors (Lipinski definition) is 6. The first kappa shape index (κ1) is 15.4. The predicted molar refractivity (Wildman–Crippen MR) is 82.8 cm³/mol. The lowest BCUT2D eigenvalue weighted by Gasteiger charge is -2.41. The summed E-state index contributed by atoms with van der Waals surface area (Å²) in [5, 5.41) is 7.11. The lowest BCUT2D eigenvalue weighted by molar-refractivity contribution is -0.135. The molecular weight excluding hydrogens is 302 g/mol. The van der Waals surface area contributed by atoms with Crippen LogP contribution in [0.25, 0.3) is 0 Å². The molecule has 1 aromatic heterocycles. The summed E-state index contributed by atoms with van der Waals surface area (Å²) in [6.45, 7) is 5.31. The van der Waals surface area contributed by atoms with Crippen LogP contribution in [-0.4, -0.2) is 70.0 Å². The Kier molecular flexibility index (Phi) is 4.68. The number of amides is 2. The first-order valence-electron chi connectivity index (χ1n) is 7.81. The molecule has 3 heterocycles. The molecule has 22 heavy (non-hydrogen) atoms. The molecule has 2 saturated heterocycles. The van der Waals surface area contributed by atoms with Crippen molar-refractivity contribution >= 4 is 23.3 Å². The Morgan fingerprint density at radius 3 is 3.09 bits per heavy atom. The number of carbonyl (C=O) groups is 2. The molecule has 2 amide bonds. The number of nitrogens with one attached hydrogen (secondary N) is 1. The largest absolute Gasteiger partial charge is 0.336 e. The van der Waals surface area contributed by atoms with Gasteiger partial charge in [0, 0.05) is 32.2 Å². The average molecular weight is 323 g/mol. The number of hydrogen-bond donors (Lipinski definition) is 1. The highest BCUT2D eigenvalue weighted by Gasteiger charge is 2.33. The van der Waals surface area contributed by atoms with Crippen molar-refractivity contribution < 1.29 is 9.59 Å². The van der Waals surface area contributed by atoms with Gasteiger partial charge in [0.05, 0.1) is 12.2 Å². The van der Waals surface area contributed by atoms with Gasteiger partial charge in [0.2, 0.25) is 5.91 Å². The van der Waals surface area contributed by atoms with Crippen LogP contribution in [0.5, 0.6) is 0 Å². The lowest BCUT2D eigenvalue weighted by Crippen LogP contribution is -2.57. The second-order valence-corrected chi connectivity index (χ2v) is 6.47. The minimum atomic E-state index is 0.0131. The molecule has 2 fully saturated rings. The van der Waals surface area contributed by atoms with E-state index in [-0.39, 0.29) is 17.9 Å². The first-order chi connectivity index (χ1) is 10.7. The monoisotopic (exact) mass is 323 g/mol. The summed E-state index contributed by atoms with van der Waals surface area (Å²) in [6, 6.07) is 0.137. The van der Waals surface area contributed by atoms with Crippen molar-refractivity contribution in [3.63, 3.8) is 0 Å². The molecule has 1 atom stereocenters. The van der Waals surface area contributed by atoms with Crippen molar-refractivity contribution in [2.75, 3.05) is 32.7 Å². The van der Waals surface area contributed by atoms with Crippen LogP contribution < -0.4 is 5.32 Å². The van der Waals surface area contributed by atoms with E-state index in [0.717, 1.165) is 38.2 Å². The fourth-order valence-corrected chi connectivity index (χ4v) is 3.87. The van der Waals surface area contributed by atoms with Crippen molar-refractivity contribution in [2.45, 2.75) is 32.2 Å². The second kappa shape index (κ2) is 6.70. The SMILES string of the molecule is CCc1nnsc1C(=O)N1CCCC(N2CCNCC2=O)C1. The molecule has 1 N–H and O–H groups in total. The maximum Gasteiger partial charge on any atom is 0.267 e. The van der Waals surface area contributed by atoms with Crippen LogP contribution in [0.4, 0.5) is 0 Å². The summed E-state index contributed by atoms with van der Waals surface area (Å²) < 4.78 is 3.90. The Morgan fingerprint density at radius 2 is 2.32 bits per heavy atom. The average Bonchev–Trinajstić information content (AvgIpc) is 3.03. The minimum absolute atomic E-state index is 0.0131. The second-order valence-electron chi connectivity index (χ2n) is 5.71. The summed E-state index contributed by atoms with van der Waals surface area (Å²) in [4.78, 5) is 29.2. The molecule has 1 unspecified atom stereocenters. The highest BCUT2D eigenvalue weighted by atomic mass is 32.1. The van der Waals surface area contributed by atoms with E-state index in [0.29, 0.717) is 24.4 Å². The first-order valence-corrected chi connectivity index (χ1v) is 8.58. The van der Waals surface area contributed by atoms with Crippen LogP contribution in [0, 0.1) is 0 Å². The number of nitrogens with zero attached hydrogens (tertiary/aromatic N) is 4. The number of likely N-dealkylation sites (tertiary alicyclic amines) is 1. The molecule has 2 aliphatic heterocycles. The van der Waals surface area contributed by atoms with Gasteiger partial charge in [-0.1, -0.05) is 11.4 Å². The zero-order valence-electron chi connectivity index (χ0n) is 12.7. The summed E-state index contributed by atoms with van der Waals surface area (Å²) in [5.41, 5.74) is 0.773. The van der Waals surface area contributed by atoms with Crippen molar-refractivity contribution in [1.82, 2.24) is 24.7 Å². The summed E-state index contributed by atoms with van der Waals surface area (Å²) in [5.74, 6) is 0.151. The van der Waals surface area contributed by atoms with E-state index in [1.54, 1.807) is 0 Å². The third-order valence-corrected chi connectivity index (χ3v) is 5.09. The Balaban J connectivity index is 1.70. The Hall–Kier alpha value is -1.54. The number of aryl methyl sites for hydroxylation is 1. The van der Waals surface area contributed by atoms with Crippen molar-refractivity contribution in [2.24, 2.45) is 0 Å². The molecule has 0 aromatic carbocycles. The zero-order valence-corrected chi connectivity index (χ0v) is 13.6. The van der Waals surface area contributed by atoms with Crippen molar-refractivity contribution in [1.29, 1.82) is 0 Å². The van der Waals surface area contributed by atoms with Gasteiger partial charge in [0.25, 0.3) is 5.91 Å². The molecule has 0 saturated carbocycles. The van der Waals surface area contributed by atoms with Crippen LogP contribution in [0.1, 0.15) is 35.1 Å². The Morgan fingerprint density at radius 1 is 1.45 bits per heavy atom. The van der Waals surface area contributed by atoms with Crippen LogP contribution in [0.3, 0.4) is 0 Å². The van der Waals surface area contributed by atoms with Gasteiger partial charge in [-0.15, -0.1) is 5.10 Å². The van der Waals surface area contributed by atoms with Gasteiger partial charge in [-0.05, 0) is 30.8 Å². The number of rotatable bonds is 3. The highest BCUT2D eigenvalue weighted by molar-refractivity contribution is 7.08. The molecular formula is C14H21N5O2S. The standard InChI is InChI=1S/C14H21N5O2S/c1-2-11-13(22-17-16-11)14(21)18-6-3-4-10(9-18)19-7-5-15-8-12(19)20/h10,15H,2-9H2,1H3. The van der Waals surface area contributed by atoms with Gasteiger partial charge in [-0.25, -0.2) is 0 Å². The number of piperazine rings is 1. The van der Waals surface area contributed by atoms with Crippen LogP contribution in [0.2, 0.25) is 0 Å². The number of aromatic nitrogens is 2. The van der Waals surface area contributed by atoms with Gasteiger partial charge in [-0.2, -0.15) is 0 Å². The molecule has 1 aromatic rings. The van der Waals surface area contributed by atoms with E-state index in [1.807, 2.05) is 16.7 Å². The molecule has 3 rings (SSSR count). The van der Waals surface area contributed by atoms with Gasteiger partial charge in [-0.3, -0.25) is 9.59 Å². The normalized spacial score (nSPS) is 23.0. The van der Waals surface area contributed by atoms with Crippen LogP contribution >= 0.6 is 11.5 Å². The van der Waals surface area contributed by atoms with Crippen LogP contribution in [0.15, 0.2) is 0 Å². The molecule has 8 heteroatoms. The third kappa shape index (κ3) is 2.98. The van der Waals surface area contributed by atoms with Crippen LogP contribution in [-0.2, 0) is 11.2 Å². The molecule has 0 spiro atoms. The maximum atomic E-state index is 12.7. The van der Waals surface area contributed by atoms with Gasteiger partial charge in [0.1, 0.15) is 4.88 Å². The summed E-state index contributed by atoms with van der Waals surface area (Å²) in [7, 11) is 0. The molecule has 0 aliphatic carbocycles.